The lowest BCUT2D eigenvalue weighted by molar-refractivity contribution is 0.0236. The van der Waals surface area contributed by atoms with Crippen molar-refractivity contribution in [2.75, 3.05) is 35.6 Å². The fraction of sp³-hybridized carbons (Fsp3) is 0.379. The molecule has 0 spiro atoms. The van der Waals surface area contributed by atoms with Crippen LogP contribution in [0.2, 0.25) is 5.15 Å². The summed E-state index contributed by atoms with van der Waals surface area (Å²) in [6.07, 6.45) is 15.2. The number of nitriles is 4. The second-order valence-electron chi connectivity index (χ2n) is 23.9. The van der Waals surface area contributed by atoms with E-state index in [2.05, 4.69) is 104 Å². The van der Waals surface area contributed by atoms with Gasteiger partial charge in [-0.05, 0) is 169 Å². The van der Waals surface area contributed by atoms with E-state index in [0.717, 1.165) is 43.4 Å². The fourth-order valence-electron chi connectivity index (χ4n) is 10.7. The van der Waals surface area contributed by atoms with E-state index in [0.29, 0.717) is 81.4 Å². The Balaban J connectivity index is 0.000000167. The molecule has 2 aromatic carbocycles. The van der Waals surface area contributed by atoms with Gasteiger partial charge in [0.1, 0.15) is 39.6 Å². The van der Waals surface area contributed by atoms with Crippen LogP contribution in [0.4, 0.5) is 22.2 Å². The first kappa shape index (κ1) is 71.4. The van der Waals surface area contributed by atoms with Gasteiger partial charge in [-0.2, -0.15) is 21.0 Å². The number of anilines is 3. The number of hydrogen-bond donors (Lipinski definition) is 6. The van der Waals surface area contributed by atoms with Crippen LogP contribution in [0, 0.1) is 51.2 Å². The van der Waals surface area contributed by atoms with E-state index in [1.54, 1.807) is 90.2 Å². The minimum Gasteiger partial charge on any atom is -0.478 e. The molecule has 2 amide bonds. The third-order valence-electron chi connectivity index (χ3n) is 15.1. The second-order valence-corrected chi connectivity index (χ2v) is 24.3. The molecule has 0 radical (unpaired) electrons. The summed E-state index contributed by atoms with van der Waals surface area (Å²) >= 11 is 5.46. The maximum atomic E-state index is 13.2. The van der Waals surface area contributed by atoms with Gasteiger partial charge in [0, 0.05) is 86.7 Å². The maximum Gasteiger partial charge on any atom is 0.410 e. The topological polar surface area (TPSA) is 395 Å². The Kier molecular flexibility index (Phi) is 26.4. The van der Waals surface area contributed by atoms with Crippen LogP contribution < -0.4 is 27.0 Å². The number of tetrazole rings is 2. The molecular formula is C66H76ClN23O5. The molecule has 3 saturated heterocycles. The molecule has 1 aliphatic carbocycles. The fourth-order valence-corrected chi connectivity index (χ4v) is 10.8. The van der Waals surface area contributed by atoms with Crippen molar-refractivity contribution in [3.05, 3.63) is 173 Å². The Morgan fingerprint density at radius 3 is 1.53 bits per heavy atom. The van der Waals surface area contributed by atoms with E-state index >= 15 is 0 Å². The van der Waals surface area contributed by atoms with Crippen LogP contribution in [0.25, 0.3) is 11.4 Å². The number of rotatable bonds is 10. The lowest BCUT2D eigenvalue weighted by Gasteiger charge is -2.26. The first-order valence-corrected chi connectivity index (χ1v) is 31.1. The number of amides is 2. The molecule has 1 saturated carbocycles. The number of benzene rings is 2. The highest BCUT2D eigenvalue weighted by Gasteiger charge is 2.35. The molecule has 29 heteroatoms. The Labute approximate surface area is 556 Å². The van der Waals surface area contributed by atoms with Crippen LogP contribution in [-0.2, 0) is 4.74 Å². The van der Waals surface area contributed by atoms with Gasteiger partial charge in [0.25, 0.3) is 5.91 Å². The lowest BCUT2D eigenvalue weighted by atomic mass is 10.1. The van der Waals surface area contributed by atoms with E-state index in [-0.39, 0.29) is 41.7 Å². The summed E-state index contributed by atoms with van der Waals surface area (Å²) in [6, 6.07) is 37.4. The van der Waals surface area contributed by atoms with Crippen molar-refractivity contribution in [3.63, 3.8) is 0 Å². The van der Waals surface area contributed by atoms with Gasteiger partial charge >= 0.3 is 12.1 Å². The summed E-state index contributed by atoms with van der Waals surface area (Å²) in [5.41, 5.74) is 9.40. The number of carboxylic acid groups (broad SMARTS) is 1. The normalized spacial score (nSPS) is 19.7. The number of nitrogens with one attached hydrogen (secondary N) is 4. The zero-order chi connectivity index (χ0) is 68.4. The molecule has 0 unspecified atom stereocenters. The monoisotopic (exact) mass is 1310 g/mol. The van der Waals surface area contributed by atoms with Gasteiger partial charge in [0.15, 0.2) is 12.7 Å². The summed E-state index contributed by atoms with van der Waals surface area (Å²) in [4.78, 5) is 58.1. The Morgan fingerprint density at radius 2 is 1.09 bits per heavy atom. The van der Waals surface area contributed by atoms with Crippen LogP contribution in [0.5, 0.6) is 0 Å². The molecule has 9 heterocycles. The second kappa shape index (κ2) is 35.1. The molecule has 0 bridgehead atoms. The van der Waals surface area contributed by atoms with E-state index in [9.17, 15) is 14.4 Å². The first-order valence-electron chi connectivity index (χ1n) is 30.7. The summed E-state index contributed by atoms with van der Waals surface area (Å²) in [6.45, 7) is 16.2. The van der Waals surface area contributed by atoms with Crippen LogP contribution >= 0.6 is 11.6 Å². The molecule has 3 aliphatic heterocycles. The van der Waals surface area contributed by atoms with Crippen LogP contribution in [-0.4, -0.2) is 161 Å². The number of carboxylic acids is 1. The molecule has 28 nitrogen and oxygen atoms in total. The predicted octanol–water partition coefficient (Wildman–Crippen LogP) is 8.62. The summed E-state index contributed by atoms with van der Waals surface area (Å²) < 4.78 is 5.27. The third-order valence-corrected chi connectivity index (χ3v) is 15.3. The Morgan fingerprint density at radius 1 is 0.611 bits per heavy atom. The smallest absolute Gasteiger partial charge is 0.410 e. The van der Waals surface area contributed by atoms with Crippen molar-refractivity contribution in [3.8, 4) is 35.7 Å². The number of para-hydroxylation sites is 2. The maximum absolute atomic E-state index is 13.2. The van der Waals surface area contributed by atoms with Crippen molar-refractivity contribution in [1.82, 2.24) is 75.5 Å². The number of aromatic carboxylic acids is 1. The van der Waals surface area contributed by atoms with Crippen LogP contribution in [0.1, 0.15) is 130 Å². The van der Waals surface area contributed by atoms with Gasteiger partial charge in [-0.3, -0.25) is 4.79 Å². The van der Waals surface area contributed by atoms with Gasteiger partial charge in [-0.1, -0.05) is 42.8 Å². The van der Waals surface area contributed by atoms with E-state index in [1.807, 2.05) is 63.8 Å². The minimum atomic E-state index is -1.02. The van der Waals surface area contributed by atoms with Gasteiger partial charge in [-0.25, -0.2) is 29.5 Å². The number of carbonyl (C=O) groups is 3. The van der Waals surface area contributed by atoms with Crippen molar-refractivity contribution >= 4 is 47.0 Å². The van der Waals surface area contributed by atoms with E-state index in [4.69, 9.17) is 48.2 Å². The van der Waals surface area contributed by atoms with Gasteiger partial charge in [0.05, 0.1) is 57.7 Å². The number of ether oxygens (including phenoxy) is 1. The van der Waals surface area contributed by atoms with Crippen molar-refractivity contribution < 1.29 is 24.2 Å². The number of carbonyl (C=O) groups excluding carboxylic acids is 2. The number of nitrogens with zero attached hydrogens (tertiary/aromatic N) is 18. The van der Waals surface area contributed by atoms with Crippen molar-refractivity contribution in [1.29, 1.82) is 21.0 Å². The molecule has 8 atom stereocenters. The van der Waals surface area contributed by atoms with Crippen LogP contribution in [0.15, 0.2) is 135 Å². The largest absolute Gasteiger partial charge is 0.478 e. The van der Waals surface area contributed by atoms with Crippen molar-refractivity contribution in [2.24, 2.45) is 11.7 Å². The Bertz CT molecular complexity index is 3900. The van der Waals surface area contributed by atoms with Gasteiger partial charge < -0.3 is 46.6 Å². The van der Waals surface area contributed by atoms with Gasteiger partial charge in [-0.15, -0.1) is 30.0 Å². The number of nitrogens with two attached hydrogens (primary N) is 1. The highest BCUT2D eigenvalue weighted by atomic mass is 35.5. The molecule has 4 fully saturated rings. The lowest BCUT2D eigenvalue weighted by Crippen LogP contribution is -2.39. The number of aromatic nitrogens is 12. The average Bonchev–Trinajstić information content (AvgIpc) is 1.77. The SMILES string of the molecule is C[C@@H]1C[C@@H](N)CN1C(=O)OC(C)(C)C.C[C@@H]1C[C@@H](Nc2cc(C#N)ccn2)CN1.C[C@@H]1C[C@@H](Nc2cc(C#N)ccn2)CN1C(=O)c1ccccc1-n1ncnn1.C[C@H]1CC[C@H](Nc2cc(C#N)ccn2)C1.N#Cc1ccnc(Cl)c1.O=C(O)c1ccccc1-n1ncnn1. The molecule has 95 heavy (non-hydrogen) atoms. The third kappa shape index (κ3) is 22.4. The standard InChI is InChI=1S/C19H18N8O.C12H15N3.C11H14N4.C10H20N2O2.C8H6N4O2.C6H3ClN2/c1-13-8-15(24-18-9-14(10-20)6-7-21-18)11-26(13)19(28)16-4-2-3-5-17(16)27-23-12-22-25-27;1-9-2-3-11(6-9)15-12-7-10(8-13)4-5-14-12;1-8-4-10(7-14-8)15-11-5-9(6-12)2-3-13-11;1-7-5-8(11)6-12(7)9(13)14-10(2,3)4;13-8(14)6-3-1-2-4-7(6)12-10-5-9-11-12;7-6-3-5(4-8)1-2-9-6/h2-7,9,12-13,15H,8,11H2,1H3,(H,21,24);4-5,7,9,11H,2-3,6H2,1H3,(H,14,15);2-3,5,8,10,14H,4,7H2,1H3,(H,13,15);7-8H,5-6,11H2,1-4H3;1-5H,(H,13,14);1-3H/t13-,15-;9-,11-;8-,10-;7-,8-;;/m1011../s1. The highest BCUT2D eigenvalue weighted by molar-refractivity contribution is 6.29. The quantitative estimate of drug-likeness (QED) is 0.0697. The molecular weight excluding hydrogens is 1230 g/mol. The summed E-state index contributed by atoms with van der Waals surface area (Å²) in [5, 5.41) is 80.0. The number of halogens is 1. The highest BCUT2D eigenvalue weighted by Crippen LogP contribution is 2.28. The minimum absolute atomic E-state index is 0.0528. The number of pyridine rings is 4. The number of likely N-dealkylation sites (tertiary alicyclic amines) is 2. The van der Waals surface area contributed by atoms with E-state index in [1.165, 1.54) is 59.8 Å². The predicted molar refractivity (Wildman–Crippen MR) is 354 cm³/mol. The molecule has 6 aromatic heterocycles. The summed E-state index contributed by atoms with van der Waals surface area (Å²) in [7, 11) is 0. The average molecular weight is 1310 g/mol. The molecule has 8 aromatic rings. The zero-order valence-electron chi connectivity index (χ0n) is 53.8. The van der Waals surface area contributed by atoms with Crippen LogP contribution in [0.3, 0.4) is 0 Å². The molecule has 492 valence electrons. The zero-order valence-corrected chi connectivity index (χ0v) is 54.5. The van der Waals surface area contributed by atoms with Crippen molar-refractivity contribution in [2.45, 2.75) is 135 Å². The Hall–Kier alpha value is -11.0. The molecule has 4 aliphatic rings. The first-order chi connectivity index (χ1) is 45.6. The van der Waals surface area contributed by atoms with E-state index < -0.39 is 11.6 Å². The molecule has 12 rings (SSSR count). The molecule has 7 N–H and O–H groups in total. The van der Waals surface area contributed by atoms with Gasteiger partial charge in [0.2, 0.25) is 0 Å². The summed E-state index contributed by atoms with van der Waals surface area (Å²) in [5.74, 6) is 1.96. The number of hydrogen-bond acceptors (Lipinski definition) is 23.